The first-order chi connectivity index (χ1) is 12.5. The van der Waals surface area contributed by atoms with Crippen LogP contribution in [-0.2, 0) is 0 Å². The number of fused-ring (bicyclic) bond motifs is 1. The number of allylic oxidation sites excluding steroid dienone is 1. The number of benzene rings is 1. The number of aryl methyl sites for hydroxylation is 1. The molecule has 0 amide bonds. The monoisotopic (exact) mass is 370 g/mol. The molecule has 1 aromatic rings. The number of carboxylic acids is 1. The normalized spacial score (nSPS) is 26.4. The van der Waals surface area contributed by atoms with Crippen molar-refractivity contribution in [2.45, 2.75) is 65.4 Å². The van der Waals surface area contributed by atoms with E-state index in [1.807, 2.05) is 13.0 Å². The highest BCUT2D eigenvalue weighted by atomic mass is 16.5. The summed E-state index contributed by atoms with van der Waals surface area (Å²) in [4.78, 5) is 11.4. The smallest absolute Gasteiger partial charge is 0.339 e. The molecule has 0 aromatic heterocycles. The minimum absolute atomic E-state index is 0.0640. The zero-order valence-electron chi connectivity index (χ0n) is 16.8. The van der Waals surface area contributed by atoms with Gasteiger partial charge in [0, 0.05) is 0 Å². The van der Waals surface area contributed by atoms with E-state index in [1.165, 1.54) is 18.4 Å². The summed E-state index contributed by atoms with van der Waals surface area (Å²) in [7, 11) is 0. The number of ether oxygens (including phenoxy) is 1. The quantitative estimate of drug-likeness (QED) is 0.665. The van der Waals surface area contributed by atoms with Crippen molar-refractivity contribution in [2.75, 3.05) is 0 Å². The second-order valence-electron chi connectivity index (χ2n) is 8.97. The minimum atomic E-state index is -1.13. The molecule has 2 atom stereocenters. The van der Waals surface area contributed by atoms with Crippen molar-refractivity contribution in [2.24, 2.45) is 11.3 Å². The van der Waals surface area contributed by atoms with Gasteiger partial charge in [-0.15, -0.1) is 0 Å². The summed E-state index contributed by atoms with van der Waals surface area (Å²) in [5.74, 6) is -0.335. The SMILES string of the molecule is C=C1CCCC(C)(C)[C@@H]1CC[C@@]1(C)C=Cc2c(cc(C)c(C(=O)O)c2O)O1. The highest BCUT2D eigenvalue weighted by Crippen LogP contribution is 2.47. The van der Waals surface area contributed by atoms with Gasteiger partial charge >= 0.3 is 5.97 Å². The Kier molecular flexibility index (Phi) is 4.87. The summed E-state index contributed by atoms with van der Waals surface area (Å²) >= 11 is 0. The molecule has 0 radical (unpaired) electrons. The van der Waals surface area contributed by atoms with Crippen molar-refractivity contribution in [1.29, 1.82) is 0 Å². The van der Waals surface area contributed by atoms with E-state index >= 15 is 0 Å². The van der Waals surface area contributed by atoms with Crippen LogP contribution in [0.1, 0.15) is 74.4 Å². The predicted molar refractivity (Wildman–Crippen MR) is 107 cm³/mol. The summed E-state index contributed by atoms with van der Waals surface area (Å²) in [5.41, 5.74) is 1.99. The largest absolute Gasteiger partial charge is 0.506 e. The maximum atomic E-state index is 11.4. The molecule has 3 rings (SSSR count). The number of carbonyl (C=O) groups is 1. The van der Waals surface area contributed by atoms with Crippen LogP contribution in [0.15, 0.2) is 24.3 Å². The van der Waals surface area contributed by atoms with E-state index in [1.54, 1.807) is 19.1 Å². The highest BCUT2D eigenvalue weighted by Gasteiger charge is 2.37. The molecule has 27 heavy (non-hydrogen) atoms. The molecule has 146 valence electrons. The van der Waals surface area contributed by atoms with Crippen molar-refractivity contribution in [3.8, 4) is 11.5 Å². The number of hydrogen-bond acceptors (Lipinski definition) is 3. The average molecular weight is 370 g/mol. The lowest BCUT2D eigenvalue weighted by Crippen LogP contribution is -2.36. The van der Waals surface area contributed by atoms with Gasteiger partial charge in [0.05, 0.1) is 5.56 Å². The topological polar surface area (TPSA) is 66.8 Å². The van der Waals surface area contributed by atoms with Gasteiger partial charge in [-0.25, -0.2) is 4.79 Å². The zero-order chi connectivity index (χ0) is 20.0. The Hall–Kier alpha value is -2.23. The van der Waals surface area contributed by atoms with E-state index in [9.17, 15) is 15.0 Å². The van der Waals surface area contributed by atoms with Gasteiger partial charge in [0.1, 0.15) is 22.7 Å². The Morgan fingerprint density at radius 3 is 2.70 bits per heavy atom. The summed E-state index contributed by atoms with van der Waals surface area (Å²) in [6.45, 7) is 12.7. The van der Waals surface area contributed by atoms with Crippen LogP contribution in [0, 0.1) is 18.3 Å². The average Bonchev–Trinajstić information content (AvgIpc) is 2.52. The second-order valence-corrected chi connectivity index (χ2v) is 8.97. The fourth-order valence-corrected chi connectivity index (χ4v) is 4.68. The first kappa shape index (κ1) is 19.5. The second kappa shape index (κ2) is 6.74. The summed E-state index contributed by atoms with van der Waals surface area (Å²) in [5, 5.41) is 19.7. The van der Waals surface area contributed by atoms with Gasteiger partial charge in [0.25, 0.3) is 0 Å². The van der Waals surface area contributed by atoms with E-state index in [0.717, 1.165) is 19.3 Å². The third-order valence-electron chi connectivity index (χ3n) is 6.34. The van der Waals surface area contributed by atoms with Crippen LogP contribution in [-0.4, -0.2) is 21.8 Å². The molecule has 1 aliphatic carbocycles. The molecule has 0 unspecified atom stereocenters. The van der Waals surface area contributed by atoms with Gasteiger partial charge in [-0.1, -0.05) is 26.0 Å². The van der Waals surface area contributed by atoms with Gasteiger partial charge in [-0.05, 0) is 81.1 Å². The molecule has 1 heterocycles. The fourth-order valence-electron chi connectivity index (χ4n) is 4.68. The van der Waals surface area contributed by atoms with Crippen molar-refractivity contribution in [3.63, 3.8) is 0 Å². The first-order valence-corrected chi connectivity index (χ1v) is 9.70. The van der Waals surface area contributed by atoms with E-state index in [2.05, 4.69) is 20.4 Å². The van der Waals surface area contributed by atoms with Crippen LogP contribution in [0.5, 0.6) is 11.5 Å². The Balaban J connectivity index is 1.82. The zero-order valence-corrected chi connectivity index (χ0v) is 16.8. The predicted octanol–water partition coefficient (Wildman–Crippen LogP) is 5.73. The Morgan fingerprint density at radius 2 is 2.07 bits per heavy atom. The number of phenols is 1. The van der Waals surface area contributed by atoms with Gasteiger partial charge in [-0.3, -0.25) is 0 Å². The molecule has 4 nitrogen and oxygen atoms in total. The van der Waals surface area contributed by atoms with Crippen LogP contribution >= 0.6 is 0 Å². The summed E-state index contributed by atoms with van der Waals surface area (Å²) in [6, 6.07) is 1.71. The Bertz CT molecular complexity index is 818. The van der Waals surface area contributed by atoms with E-state index in [4.69, 9.17) is 4.74 Å². The molecule has 2 N–H and O–H groups in total. The highest BCUT2D eigenvalue weighted by molar-refractivity contribution is 5.95. The Morgan fingerprint density at radius 1 is 1.37 bits per heavy atom. The number of aromatic hydroxyl groups is 1. The molecular weight excluding hydrogens is 340 g/mol. The molecule has 1 saturated carbocycles. The van der Waals surface area contributed by atoms with E-state index in [-0.39, 0.29) is 16.7 Å². The van der Waals surface area contributed by atoms with Crippen LogP contribution < -0.4 is 4.74 Å². The van der Waals surface area contributed by atoms with Crippen LogP contribution in [0.25, 0.3) is 6.08 Å². The van der Waals surface area contributed by atoms with E-state index in [0.29, 0.717) is 22.8 Å². The number of aromatic carboxylic acids is 1. The minimum Gasteiger partial charge on any atom is -0.506 e. The first-order valence-electron chi connectivity index (χ1n) is 9.70. The van der Waals surface area contributed by atoms with Gasteiger partial charge in [-0.2, -0.15) is 0 Å². The molecule has 2 aliphatic rings. The lowest BCUT2D eigenvalue weighted by atomic mass is 9.64. The standard InChI is InChI=1S/C23H30O4/c1-14-7-6-10-22(3,4)17(14)9-12-23(5)11-8-16-18(27-23)13-15(2)19(20(16)24)21(25)26/h8,11,13,17,24H,1,6-7,9-10,12H2,2-5H3,(H,25,26)/t17-,23-/m1/s1. The van der Waals surface area contributed by atoms with Crippen molar-refractivity contribution >= 4 is 12.0 Å². The molecule has 1 fully saturated rings. The van der Waals surface area contributed by atoms with Crippen molar-refractivity contribution < 1.29 is 19.7 Å². The third-order valence-corrected chi connectivity index (χ3v) is 6.34. The molecule has 0 bridgehead atoms. The van der Waals surface area contributed by atoms with Crippen LogP contribution in [0.3, 0.4) is 0 Å². The maximum Gasteiger partial charge on any atom is 0.339 e. The van der Waals surface area contributed by atoms with Crippen LogP contribution in [0.2, 0.25) is 0 Å². The van der Waals surface area contributed by atoms with Gasteiger partial charge < -0.3 is 14.9 Å². The number of carboxylic acid groups (broad SMARTS) is 1. The molecule has 1 aromatic carbocycles. The van der Waals surface area contributed by atoms with Gasteiger partial charge in [0.2, 0.25) is 0 Å². The van der Waals surface area contributed by atoms with E-state index < -0.39 is 11.6 Å². The molecule has 1 aliphatic heterocycles. The molecule has 4 heteroatoms. The van der Waals surface area contributed by atoms with Crippen molar-refractivity contribution in [1.82, 2.24) is 0 Å². The molecule has 0 spiro atoms. The summed E-state index contributed by atoms with van der Waals surface area (Å²) < 4.78 is 6.24. The maximum absolute atomic E-state index is 11.4. The lowest BCUT2D eigenvalue weighted by molar-refractivity contribution is 0.0692. The number of rotatable bonds is 4. The number of hydrogen-bond donors (Lipinski definition) is 2. The molecular formula is C23H30O4. The third kappa shape index (κ3) is 3.62. The Labute approximate surface area is 161 Å². The van der Waals surface area contributed by atoms with Gasteiger partial charge in [0.15, 0.2) is 0 Å². The van der Waals surface area contributed by atoms with Crippen LogP contribution in [0.4, 0.5) is 0 Å². The fraction of sp³-hybridized carbons (Fsp3) is 0.522. The lowest BCUT2D eigenvalue weighted by Gasteiger charge is -2.42. The van der Waals surface area contributed by atoms with Crippen molar-refractivity contribution in [3.05, 3.63) is 41.0 Å². The molecule has 0 saturated heterocycles. The summed E-state index contributed by atoms with van der Waals surface area (Å²) in [6.07, 6.45) is 9.12.